The lowest BCUT2D eigenvalue weighted by molar-refractivity contribution is -0.257. The smallest absolute Gasteiger partial charge is 0.210 e. The number of carbonyl (C=O) groups excluding carboxylic acids is 20. The Morgan fingerprint density at radius 1 is 0.221 bits per heavy atom. The first-order valence-corrected chi connectivity index (χ1v) is 50.8. The number of fused-ring (bicyclic) bond motifs is 1. The summed E-state index contributed by atoms with van der Waals surface area (Å²) in [6.45, 7) is 9.33. The van der Waals surface area contributed by atoms with Gasteiger partial charge in [-0.15, -0.1) is 47.0 Å². The van der Waals surface area contributed by atoms with Gasteiger partial charge in [0.2, 0.25) is 64.1 Å². The van der Waals surface area contributed by atoms with E-state index < -0.39 is 23.7 Å². The zero-order valence-electron chi connectivity index (χ0n) is 75.2. The monoisotopic (exact) mass is 1900 g/mol. The Kier molecular flexibility index (Phi) is 36.2. The van der Waals surface area contributed by atoms with Crippen molar-refractivity contribution >= 4 is 174 Å². The minimum Gasteiger partial charge on any atom is -0.348 e. The number of thioether (sulfide) groups is 4. The molecule has 38 heteroatoms. The summed E-state index contributed by atoms with van der Waals surface area (Å²) in [6.07, 6.45) is 54.1. The van der Waals surface area contributed by atoms with Crippen LogP contribution in [0.15, 0.2) is 12.2 Å². The van der Waals surface area contributed by atoms with Gasteiger partial charge in [-0.1, -0.05) is 50.7 Å². The van der Waals surface area contributed by atoms with Gasteiger partial charge in [-0.25, -0.2) is 0 Å². The first-order chi connectivity index (χ1) is 63.4. The first kappa shape index (κ1) is 102. The van der Waals surface area contributed by atoms with Crippen LogP contribution in [-0.2, 0) is 115 Å². The van der Waals surface area contributed by atoms with Crippen molar-refractivity contribution in [1.82, 2.24) is 49.0 Å². The van der Waals surface area contributed by atoms with E-state index in [1.807, 2.05) is 47.0 Å². The van der Waals surface area contributed by atoms with Crippen LogP contribution in [0.1, 0.15) is 199 Å². The van der Waals surface area contributed by atoms with Gasteiger partial charge in [0, 0.05) is 89.5 Å². The second kappa shape index (κ2) is 46.3. The number of aldehydes is 10. The molecule has 131 heavy (non-hydrogen) atoms. The van der Waals surface area contributed by atoms with E-state index in [2.05, 4.69) is 12.2 Å². The van der Waals surface area contributed by atoms with E-state index in [1.54, 1.807) is 39.2 Å². The van der Waals surface area contributed by atoms with Crippen molar-refractivity contribution in [2.45, 2.75) is 279 Å². The number of likely N-dealkylation sites (tertiary alicyclic amines) is 10. The Balaban J connectivity index is 0.000000132. The van der Waals surface area contributed by atoms with Crippen LogP contribution in [0.5, 0.6) is 0 Å². The number of hydrogen-bond donors (Lipinski definition) is 0. The summed E-state index contributed by atoms with van der Waals surface area (Å²) >= 11 is 7.62. The molecule has 20 fully saturated rings. The van der Waals surface area contributed by atoms with Gasteiger partial charge in [-0.3, -0.25) is 47.9 Å². The van der Waals surface area contributed by atoms with Crippen LogP contribution in [0.25, 0.3) is 0 Å². The van der Waals surface area contributed by atoms with Crippen LogP contribution in [-0.4, -0.2) is 371 Å². The van der Waals surface area contributed by atoms with E-state index in [4.69, 9.17) is 18.9 Å². The molecule has 0 aromatic carbocycles. The van der Waals surface area contributed by atoms with E-state index in [1.165, 1.54) is 125 Å². The average molecular weight is 1900 g/mol. The predicted octanol–water partition coefficient (Wildman–Crippen LogP) is 4.99. The summed E-state index contributed by atoms with van der Waals surface area (Å²) in [5.74, 6) is 5.03. The van der Waals surface area contributed by atoms with Crippen molar-refractivity contribution in [3.63, 3.8) is 0 Å². The number of amides is 10. The predicted molar refractivity (Wildman–Crippen MR) is 485 cm³/mol. The summed E-state index contributed by atoms with van der Waals surface area (Å²) < 4.78 is 22.0. The zero-order valence-corrected chi connectivity index (χ0v) is 78.4. The Hall–Kier alpha value is -7.62. The van der Waals surface area contributed by atoms with E-state index in [0.717, 1.165) is 272 Å². The maximum atomic E-state index is 10.8. The summed E-state index contributed by atoms with van der Waals surface area (Å²) in [5, 5.41) is 0. The van der Waals surface area contributed by atoms with Crippen LogP contribution in [0, 0.1) is 44.3 Å². The van der Waals surface area contributed by atoms with Crippen molar-refractivity contribution < 1.29 is 115 Å². The summed E-state index contributed by atoms with van der Waals surface area (Å²) in [5.41, 5.74) is 1.77. The number of allylic oxidation sites excluding steroid dienone is 2. The molecule has 722 valence electrons. The van der Waals surface area contributed by atoms with Crippen molar-refractivity contribution in [3.8, 4) is 0 Å². The molecule has 14 saturated heterocycles. The largest absolute Gasteiger partial charge is 0.348 e. The molecule has 6 saturated carbocycles. The Bertz CT molecular complexity index is 3470. The van der Waals surface area contributed by atoms with E-state index in [-0.39, 0.29) is 67.3 Å². The highest BCUT2D eigenvalue weighted by molar-refractivity contribution is 8.21. The fourth-order valence-electron chi connectivity index (χ4n) is 23.9. The fourth-order valence-corrected chi connectivity index (χ4v) is 30.6. The van der Waals surface area contributed by atoms with Gasteiger partial charge in [0.25, 0.3) is 0 Å². The summed E-state index contributed by atoms with van der Waals surface area (Å²) in [4.78, 5) is 229. The lowest BCUT2D eigenvalue weighted by Crippen LogP contribution is -2.42. The van der Waals surface area contributed by atoms with E-state index in [9.17, 15) is 95.9 Å². The highest BCUT2D eigenvalue weighted by Gasteiger charge is 2.59. The van der Waals surface area contributed by atoms with E-state index >= 15 is 0 Å². The van der Waals surface area contributed by atoms with Crippen LogP contribution in [0.2, 0.25) is 0 Å². The molecule has 21 rings (SSSR count). The number of carbonyl (C=O) groups is 20. The highest BCUT2D eigenvalue weighted by atomic mass is 32.2. The SMILES string of the molecule is O=C[C@@H]1CC2(CC2)CN1C=O.O=C[C@@H]1CC2(CC3CC3C2)CN1C=O.O=C[C@@H]1CC2(CC=CC2)CN1C=O.O=C[C@@H]1CC2(CCC2)CN1C=O.O=C[C@@H]1CC2(CCCC2)CN1C=O.O=C[C@@H]1CC2(CCCCC2)CN1C=O.O=C[C@@H]1CC2(CN1C=O)OCCCO2.O=C[C@@H]1CC2(CN1C=O)OCCO2.O=C[C@@H]1CC2(CN1C=O)SCCCS2.O=C[C@@H]1CC2(CN1C=O)SCCS2. The number of rotatable bonds is 20. The summed E-state index contributed by atoms with van der Waals surface area (Å²) in [6, 6.07) is -2.04. The number of ether oxygens (including phenoxy) is 4. The topological polar surface area (TPSA) is 411 Å². The van der Waals surface area contributed by atoms with Crippen LogP contribution in [0.4, 0.5) is 0 Å². The van der Waals surface area contributed by atoms with Gasteiger partial charge in [-0.05, 0) is 191 Å². The Labute approximate surface area is 783 Å². The molecule has 7 aliphatic carbocycles. The van der Waals surface area contributed by atoms with Crippen molar-refractivity contribution in [2.75, 3.05) is 115 Å². The fraction of sp³-hybridized carbons (Fsp3) is 0.763. The normalized spacial score (nSPS) is 32.9. The molecule has 0 radical (unpaired) electrons. The van der Waals surface area contributed by atoms with Crippen LogP contribution in [0.3, 0.4) is 0 Å². The Morgan fingerprint density at radius 3 is 0.763 bits per heavy atom. The molecule has 12 atom stereocenters. The summed E-state index contributed by atoms with van der Waals surface area (Å²) in [7, 11) is 0. The second-order valence-corrected chi connectivity index (χ2v) is 46.6. The molecule has 21 aliphatic rings. The molecule has 2 unspecified atom stereocenters. The highest BCUT2D eigenvalue weighted by Crippen LogP contribution is 2.64. The molecule has 14 aliphatic heterocycles. The molecular weight excluding hydrogens is 1770 g/mol. The molecule has 34 nitrogen and oxygen atoms in total. The molecule has 10 amide bonds. The quantitative estimate of drug-likeness (QED) is 0.114. The van der Waals surface area contributed by atoms with Gasteiger partial charge in [-0.2, -0.15) is 0 Å². The average Bonchev–Trinajstić information content (AvgIpc) is 1.57. The van der Waals surface area contributed by atoms with Gasteiger partial charge in [0.1, 0.15) is 62.9 Å². The molecule has 0 N–H and O–H groups in total. The zero-order chi connectivity index (χ0) is 93.6. The molecule has 0 aromatic heterocycles. The minimum absolute atomic E-state index is 0.116. The van der Waals surface area contributed by atoms with Crippen molar-refractivity contribution in [3.05, 3.63) is 12.2 Å². The van der Waals surface area contributed by atoms with Gasteiger partial charge in [0.15, 0.2) is 11.6 Å². The van der Waals surface area contributed by atoms with Gasteiger partial charge in [0.05, 0.1) is 108 Å². The minimum atomic E-state index is -0.718. The lowest BCUT2D eigenvalue weighted by Gasteiger charge is -2.37. The van der Waals surface area contributed by atoms with Gasteiger partial charge >= 0.3 is 0 Å². The molecule has 14 heterocycles. The molecule has 0 aromatic rings. The number of nitrogens with zero attached hydrogens (tertiary/aromatic N) is 10. The third-order valence-corrected chi connectivity index (χ3v) is 38.0. The van der Waals surface area contributed by atoms with Gasteiger partial charge < -0.3 is 116 Å². The third-order valence-electron chi connectivity index (χ3n) is 31.3. The van der Waals surface area contributed by atoms with Crippen molar-refractivity contribution in [2.24, 2.45) is 44.3 Å². The van der Waals surface area contributed by atoms with Crippen LogP contribution >= 0.6 is 47.0 Å². The number of hydrogen-bond acceptors (Lipinski definition) is 28. The second-order valence-electron chi connectivity index (χ2n) is 40.2. The lowest BCUT2D eigenvalue weighted by atomic mass is 9.68. The van der Waals surface area contributed by atoms with Crippen LogP contribution < -0.4 is 0 Å². The van der Waals surface area contributed by atoms with Crippen molar-refractivity contribution in [1.29, 1.82) is 0 Å². The standard InChI is InChI=1S/C11H15NO2.C11H17NO2.C10H15NO2.C10H13NO2.C9H13NO4.C9H13NO2S2.C9H13NO2.C8H11NO4.C8H11NO2S2.C8H11NO2/c13-5-10-4-11(6-12(10)7-14)2-8-1-9(8)3-11;13-7-10-6-11(8-12(10)9-14)4-2-1-3-5-11;2*12-6-9-5-10(3-1-2-4-10)7-11(9)8-13;2*11-5-8-4-9(6-10(8)7-12)13-2-1-3-14-9;11-5-8-4-9(2-1-3-9)6-10(8)7-12;2*10-4-7-3-8(5-9(7)6-11)12-1-2-13-8;10-4-7-3-8(1-2-8)5-9(7)6-11/h5,7-10H,1-4,6H2;7,9-10H,1-6,8H2;6,8-9H,1-5,7H2;1-2,6,8-9H,3-5,7H2;2*5,7-8H,1-4,6H2;5,7-8H,1-4,6H2;2*4,6-7H,1-3,5H2;4,6-7H,1-3,5H2/t8?,9?,10-,11?;10-;2*9-;3*8-;3*7-/m0000000000/s1. The maximum Gasteiger partial charge on any atom is 0.210 e. The molecule has 0 bridgehead atoms. The first-order valence-electron chi connectivity index (χ1n) is 46.8. The third kappa shape index (κ3) is 24.8. The van der Waals surface area contributed by atoms with E-state index in [0.29, 0.717) is 86.8 Å². The molecular formula is C93H132N10O24S4. The molecule has 10 spiro atoms. The Morgan fingerprint density at radius 2 is 0.473 bits per heavy atom. The maximum absolute atomic E-state index is 10.8.